The number of carbonyl (C=O) groups is 1. The SMILES string of the molecule is COCC(O)CSc1cc(C(=O)O)ccn1. The van der Waals surface area contributed by atoms with E-state index in [-0.39, 0.29) is 12.2 Å². The number of thioether (sulfide) groups is 1. The predicted octanol–water partition coefficient (Wildman–Crippen LogP) is 0.879. The summed E-state index contributed by atoms with van der Waals surface area (Å²) >= 11 is 1.30. The number of aliphatic hydroxyl groups is 1. The maximum atomic E-state index is 10.7. The van der Waals surface area contributed by atoms with E-state index < -0.39 is 12.1 Å². The number of pyridine rings is 1. The minimum Gasteiger partial charge on any atom is -0.478 e. The van der Waals surface area contributed by atoms with E-state index in [4.69, 9.17) is 9.84 Å². The Morgan fingerprint density at radius 1 is 1.69 bits per heavy atom. The lowest BCUT2D eigenvalue weighted by Gasteiger charge is -2.08. The molecule has 1 atom stereocenters. The van der Waals surface area contributed by atoms with Gasteiger partial charge in [0.1, 0.15) is 0 Å². The van der Waals surface area contributed by atoms with Crippen LogP contribution in [0.5, 0.6) is 0 Å². The number of aromatic nitrogens is 1. The Morgan fingerprint density at radius 3 is 3.06 bits per heavy atom. The van der Waals surface area contributed by atoms with Crippen LogP contribution in [-0.4, -0.2) is 46.7 Å². The third kappa shape index (κ3) is 4.18. The van der Waals surface area contributed by atoms with Crippen LogP contribution in [0.1, 0.15) is 10.4 Å². The molecule has 0 saturated heterocycles. The average molecular weight is 243 g/mol. The van der Waals surface area contributed by atoms with Crippen LogP contribution in [0, 0.1) is 0 Å². The van der Waals surface area contributed by atoms with Crippen LogP contribution in [0.25, 0.3) is 0 Å². The van der Waals surface area contributed by atoms with E-state index in [0.29, 0.717) is 10.8 Å². The second kappa shape index (κ2) is 6.47. The number of methoxy groups -OCH3 is 1. The first-order valence-electron chi connectivity index (χ1n) is 4.62. The first-order chi connectivity index (χ1) is 7.63. The van der Waals surface area contributed by atoms with Gasteiger partial charge in [-0.25, -0.2) is 9.78 Å². The second-order valence-electron chi connectivity index (χ2n) is 3.11. The largest absolute Gasteiger partial charge is 0.478 e. The van der Waals surface area contributed by atoms with Gasteiger partial charge < -0.3 is 14.9 Å². The van der Waals surface area contributed by atoms with Crippen molar-refractivity contribution in [3.05, 3.63) is 23.9 Å². The molecule has 16 heavy (non-hydrogen) atoms. The smallest absolute Gasteiger partial charge is 0.335 e. The quantitative estimate of drug-likeness (QED) is 0.722. The lowest BCUT2D eigenvalue weighted by atomic mass is 10.3. The topological polar surface area (TPSA) is 79.7 Å². The molecule has 6 heteroatoms. The van der Waals surface area contributed by atoms with E-state index in [2.05, 4.69) is 4.98 Å². The first-order valence-corrected chi connectivity index (χ1v) is 5.61. The van der Waals surface area contributed by atoms with Crippen molar-refractivity contribution in [2.24, 2.45) is 0 Å². The molecule has 1 heterocycles. The van der Waals surface area contributed by atoms with Crippen molar-refractivity contribution < 1.29 is 19.7 Å². The fourth-order valence-corrected chi connectivity index (χ4v) is 1.85. The molecule has 0 amide bonds. The molecule has 0 saturated carbocycles. The third-order valence-corrected chi connectivity index (χ3v) is 2.83. The van der Waals surface area contributed by atoms with Crippen molar-refractivity contribution in [2.45, 2.75) is 11.1 Å². The summed E-state index contributed by atoms with van der Waals surface area (Å²) in [6.45, 7) is 0.256. The van der Waals surface area contributed by atoms with E-state index in [9.17, 15) is 9.90 Å². The van der Waals surface area contributed by atoms with Gasteiger partial charge in [-0.3, -0.25) is 0 Å². The van der Waals surface area contributed by atoms with Gasteiger partial charge in [0, 0.05) is 19.1 Å². The minimum atomic E-state index is -0.985. The fourth-order valence-electron chi connectivity index (χ4n) is 1.04. The molecule has 5 nitrogen and oxygen atoms in total. The maximum Gasteiger partial charge on any atom is 0.335 e. The lowest BCUT2D eigenvalue weighted by molar-refractivity contribution is 0.0696. The number of hydrogen-bond acceptors (Lipinski definition) is 5. The summed E-state index contributed by atoms with van der Waals surface area (Å²) in [5.41, 5.74) is 0.193. The van der Waals surface area contributed by atoms with Crippen molar-refractivity contribution in [2.75, 3.05) is 19.5 Å². The van der Waals surface area contributed by atoms with Gasteiger partial charge in [-0.05, 0) is 12.1 Å². The molecule has 1 rings (SSSR count). The van der Waals surface area contributed by atoms with Crippen molar-refractivity contribution in [3.8, 4) is 0 Å². The van der Waals surface area contributed by atoms with Gasteiger partial charge in [0.25, 0.3) is 0 Å². The number of rotatable bonds is 6. The Balaban J connectivity index is 2.54. The number of aliphatic hydroxyl groups excluding tert-OH is 1. The molecule has 0 aromatic carbocycles. The number of ether oxygens (including phenoxy) is 1. The number of hydrogen-bond donors (Lipinski definition) is 2. The van der Waals surface area contributed by atoms with Crippen molar-refractivity contribution in [1.82, 2.24) is 4.98 Å². The molecule has 0 aliphatic rings. The highest BCUT2D eigenvalue weighted by Gasteiger charge is 2.07. The maximum absolute atomic E-state index is 10.7. The molecule has 2 N–H and O–H groups in total. The van der Waals surface area contributed by atoms with Gasteiger partial charge in [-0.1, -0.05) is 0 Å². The molecule has 0 aliphatic heterocycles. The Morgan fingerprint density at radius 2 is 2.44 bits per heavy atom. The van der Waals surface area contributed by atoms with E-state index in [0.717, 1.165) is 0 Å². The monoisotopic (exact) mass is 243 g/mol. The van der Waals surface area contributed by atoms with Gasteiger partial charge in [0.05, 0.1) is 23.3 Å². The molecular weight excluding hydrogens is 230 g/mol. The zero-order valence-electron chi connectivity index (χ0n) is 8.79. The molecule has 0 radical (unpaired) electrons. The number of carboxylic acids is 1. The van der Waals surface area contributed by atoms with Gasteiger partial charge in [0.2, 0.25) is 0 Å². The molecule has 0 fully saturated rings. The zero-order valence-corrected chi connectivity index (χ0v) is 9.61. The van der Waals surface area contributed by atoms with E-state index >= 15 is 0 Å². The lowest BCUT2D eigenvalue weighted by Crippen LogP contribution is -2.16. The van der Waals surface area contributed by atoms with E-state index in [1.165, 1.54) is 37.2 Å². The minimum absolute atomic E-state index is 0.193. The summed E-state index contributed by atoms with van der Waals surface area (Å²) in [5, 5.41) is 18.7. The molecule has 0 spiro atoms. The summed E-state index contributed by atoms with van der Waals surface area (Å²) in [6, 6.07) is 2.91. The Hall–Kier alpha value is -1.11. The molecule has 1 aromatic rings. The first kappa shape index (κ1) is 13.0. The Labute approximate surface area is 97.5 Å². The summed E-state index contributed by atoms with van der Waals surface area (Å²) < 4.78 is 4.78. The number of carboxylic acid groups (broad SMARTS) is 1. The van der Waals surface area contributed by atoms with E-state index in [1.54, 1.807) is 0 Å². The molecular formula is C10H13NO4S. The van der Waals surface area contributed by atoms with Gasteiger partial charge in [-0.15, -0.1) is 11.8 Å². The second-order valence-corrected chi connectivity index (χ2v) is 4.15. The highest BCUT2D eigenvalue weighted by Crippen LogP contribution is 2.17. The normalized spacial score (nSPS) is 12.4. The Kier molecular flexibility index (Phi) is 5.24. The molecule has 0 bridgehead atoms. The average Bonchev–Trinajstić information content (AvgIpc) is 2.27. The van der Waals surface area contributed by atoms with Crippen LogP contribution in [0.3, 0.4) is 0 Å². The summed E-state index contributed by atoms with van der Waals surface area (Å²) in [4.78, 5) is 14.7. The molecule has 88 valence electrons. The zero-order chi connectivity index (χ0) is 12.0. The molecule has 0 aliphatic carbocycles. The third-order valence-electron chi connectivity index (χ3n) is 1.76. The van der Waals surface area contributed by atoms with Crippen molar-refractivity contribution >= 4 is 17.7 Å². The van der Waals surface area contributed by atoms with Gasteiger partial charge in [-0.2, -0.15) is 0 Å². The highest BCUT2D eigenvalue weighted by molar-refractivity contribution is 7.99. The van der Waals surface area contributed by atoms with Crippen molar-refractivity contribution in [1.29, 1.82) is 0 Å². The summed E-state index contributed by atoms with van der Waals surface area (Å²) in [6.07, 6.45) is 0.861. The summed E-state index contributed by atoms with van der Waals surface area (Å²) in [7, 11) is 1.51. The van der Waals surface area contributed by atoms with Crippen LogP contribution in [0.15, 0.2) is 23.4 Å². The summed E-state index contributed by atoms with van der Waals surface area (Å²) in [5.74, 6) is -0.564. The molecule has 1 unspecified atom stereocenters. The predicted molar refractivity (Wildman–Crippen MR) is 59.8 cm³/mol. The number of nitrogens with zero attached hydrogens (tertiary/aromatic N) is 1. The van der Waals surface area contributed by atoms with Crippen LogP contribution in [-0.2, 0) is 4.74 Å². The number of aromatic carboxylic acids is 1. The van der Waals surface area contributed by atoms with Crippen LogP contribution >= 0.6 is 11.8 Å². The van der Waals surface area contributed by atoms with Gasteiger partial charge >= 0.3 is 5.97 Å². The van der Waals surface area contributed by atoms with Crippen LogP contribution in [0.2, 0.25) is 0 Å². The Bertz CT molecular complexity index is 358. The van der Waals surface area contributed by atoms with Crippen LogP contribution < -0.4 is 0 Å². The fraction of sp³-hybridized carbons (Fsp3) is 0.400. The van der Waals surface area contributed by atoms with Gasteiger partial charge in [0.15, 0.2) is 0 Å². The van der Waals surface area contributed by atoms with E-state index in [1.807, 2.05) is 0 Å². The molecule has 1 aromatic heterocycles. The standard InChI is InChI=1S/C10H13NO4S/c1-15-5-8(12)6-16-9-4-7(10(13)14)2-3-11-9/h2-4,8,12H,5-6H2,1H3,(H,13,14). The highest BCUT2D eigenvalue weighted by atomic mass is 32.2. The van der Waals surface area contributed by atoms with Crippen LogP contribution in [0.4, 0.5) is 0 Å². The van der Waals surface area contributed by atoms with Crippen molar-refractivity contribution in [3.63, 3.8) is 0 Å².